The fraction of sp³-hybridized carbons (Fsp3) is 1.00. The minimum Gasteiger partial charge on any atom is -0.381 e. The zero-order chi connectivity index (χ0) is 11.4. The van der Waals surface area contributed by atoms with Gasteiger partial charge in [0.25, 0.3) is 0 Å². The zero-order valence-electron chi connectivity index (χ0n) is 10.7. The van der Waals surface area contributed by atoms with Gasteiger partial charge in [0.05, 0.1) is 6.61 Å². The van der Waals surface area contributed by atoms with Crippen molar-refractivity contribution in [2.45, 2.75) is 45.2 Å². The maximum atomic E-state index is 5.48. The molecule has 0 aromatic rings. The molecule has 0 aromatic carbocycles. The number of ether oxygens (including phenoxy) is 1. The molecule has 2 aliphatic heterocycles. The summed E-state index contributed by atoms with van der Waals surface area (Å²) < 4.78 is 5.48. The molecule has 2 heterocycles. The van der Waals surface area contributed by atoms with Crippen molar-refractivity contribution in [1.29, 1.82) is 0 Å². The largest absolute Gasteiger partial charge is 0.381 e. The molecule has 3 atom stereocenters. The van der Waals surface area contributed by atoms with Crippen molar-refractivity contribution in [3.05, 3.63) is 0 Å². The van der Waals surface area contributed by atoms with E-state index >= 15 is 0 Å². The molecule has 0 radical (unpaired) electrons. The molecular formula is C13H26N2O. The summed E-state index contributed by atoms with van der Waals surface area (Å²) in [6.45, 7) is 10.2. The Morgan fingerprint density at radius 1 is 1.31 bits per heavy atom. The third-order valence-electron chi connectivity index (χ3n) is 4.09. The molecular weight excluding hydrogens is 200 g/mol. The minimum absolute atomic E-state index is 0.699. The van der Waals surface area contributed by atoms with Gasteiger partial charge in [0.15, 0.2) is 0 Å². The normalized spacial score (nSPS) is 36.8. The van der Waals surface area contributed by atoms with Gasteiger partial charge in [0.2, 0.25) is 0 Å². The summed E-state index contributed by atoms with van der Waals surface area (Å²) in [6.07, 6.45) is 3.77. The molecule has 1 N–H and O–H groups in total. The van der Waals surface area contributed by atoms with Crippen LogP contribution < -0.4 is 5.32 Å². The van der Waals surface area contributed by atoms with Gasteiger partial charge >= 0.3 is 0 Å². The summed E-state index contributed by atoms with van der Waals surface area (Å²) in [7, 11) is 0. The highest BCUT2D eigenvalue weighted by atomic mass is 16.5. The van der Waals surface area contributed by atoms with Crippen LogP contribution in [0.25, 0.3) is 0 Å². The summed E-state index contributed by atoms with van der Waals surface area (Å²) in [5.41, 5.74) is 0. The van der Waals surface area contributed by atoms with Crippen LogP contribution in [0.5, 0.6) is 0 Å². The smallest absolute Gasteiger partial charge is 0.0507 e. The van der Waals surface area contributed by atoms with Gasteiger partial charge in [-0.1, -0.05) is 13.8 Å². The highest BCUT2D eigenvalue weighted by Crippen LogP contribution is 2.19. The number of hydrogen-bond donors (Lipinski definition) is 1. The number of rotatable bonds is 4. The van der Waals surface area contributed by atoms with Crippen LogP contribution in [0.2, 0.25) is 0 Å². The Hall–Kier alpha value is -0.120. The van der Waals surface area contributed by atoms with Crippen molar-refractivity contribution in [1.82, 2.24) is 10.2 Å². The van der Waals surface area contributed by atoms with Gasteiger partial charge in [-0.15, -0.1) is 0 Å². The maximum absolute atomic E-state index is 5.48. The van der Waals surface area contributed by atoms with Crippen LogP contribution in [-0.4, -0.2) is 49.8 Å². The molecule has 16 heavy (non-hydrogen) atoms. The molecule has 0 spiro atoms. The fourth-order valence-electron chi connectivity index (χ4n) is 2.89. The van der Waals surface area contributed by atoms with Crippen LogP contribution in [0, 0.1) is 5.92 Å². The van der Waals surface area contributed by atoms with Gasteiger partial charge in [-0.3, -0.25) is 4.90 Å². The summed E-state index contributed by atoms with van der Waals surface area (Å²) in [4.78, 5) is 2.70. The molecule has 2 rings (SSSR count). The lowest BCUT2D eigenvalue weighted by Crippen LogP contribution is -2.57. The second-order valence-electron chi connectivity index (χ2n) is 5.26. The quantitative estimate of drug-likeness (QED) is 0.786. The number of hydrogen-bond acceptors (Lipinski definition) is 3. The Morgan fingerprint density at radius 3 is 2.81 bits per heavy atom. The van der Waals surface area contributed by atoms with Crippen LogP contribution in [0.3, 0.4) is 0 Å². The number of piperazine rings is 1. The highest BCUT2D eigenvalue weighted by Gasteiger charge is 2.28. The van der Waals surface area contributed by atoms with E-state index < -0.39 is 0 Å². The van der Waals surface area contributed by atoms with Gasteiger partial charge in [0, 0.05) is 38.3 Å². The Labute approximate surface area is 99.5 Å². The second kappa shape index (κ2) is 5.99. The van der Waals surface area contributed by atoms with Crippen LogP contribution in [-0.2, 0) is 4.74 Å². The summed E-state index contributed by atoms with van der Waals surface area (Å²) >= 11 is 0. The third-order valence-corrected chi connectivity index (χ3v) is 4.09. The van der Waals surface area contributed by atoms with E-state index in [9.17, 15) is 0 Å². The highest BCUT2D eigenvalue weighted by molar-refractivity contribution is 4.86. The Morgan fingerprint density at radius 2 is 2.19 bits per heavy atom. The molecule has 0 amide bonds. The van der Waals surface area contributed by atoms with Crippen LogP contribution >= 0.6 is 0 Å². The fourth-order valence-corrected chi connectivity index (χ4v) is 2.89. The SMILES string of the molecule is CCC1CN(CC2CCOC2)C(CC)CN1. The monoisotopic (exact) mass is 226 g/mol. The minimum atomic E-state index is 0.699. The predicted octanol–water partition coefficient (Wildman–Crippen LogP) is 1.49. The Bertz CT molecular complexity index is 204. The van der Waals surface area contributed by atoms with E-state index in [0.717, 1.165) is 25.2 Å². The lowest BCUT2D eigenvalue weighted by Gasteiger charge is -2.41. The van der Waals surface area contributed by atoms with Crippen molar-refractivity contribution in [3.63, 3.8) is 0 Å². The molecule has 3 heteroatoms. The standard InChI is InChI=1S/C13H26N2O/c1-3-12-9-15(13(4-2)7-14-12)8-11-5-6-16-10-11/h11-14H,3-10H2,1-2H3. The van der Waals surface area contributed by atoms with Crippen molar-refractivity contribution >= 4 is 0 Å². The molecule has 94 valence electrons. The first-order valence-electron chi connectivity index (χ1n) is 6.88. The van der Waals surface area contributed by atoms with Gasteiger partial charge in [-0.05, 0) is 25.2 Å². The molecule has 2 saturated heterocycles. The zero-order valence-corrected chi connectivity index (χ0v) is 10.7. The van der Waals surface area contributed by atoms with Gasteiger partial charge in [0.1, 0.15) is 0 Å². The summed E-state index contributed by atoms with van der Waals surface area (Å²) in [6, 6.07) is 1.44. The van der Waals surface area contributed by atoms with Gasteiger partial charge < -0.3 is 10.1 Å². The third kappa shape index (κ3) is 2.96. The lowest BCUT2D eigenvalue weighted by molar-refractivity contribution is 0.0982. The first-order valence-corrected chi connectivity index (χ1v) is 6.88. The van der Waals surface area contributed by atoms with Crippen LogP contribution in [0.4, 0.5) is 0 Å². The molecule has 0 saturated carbocycles. The summed E-state index contributed by atoms with van der Waals surface area (Å²) in [5.74, 6) is 0.782. The van der Waals surface area contributed by atoms with E-state index in [0.29, 0.717) is 6.04 Å². The first-order chi connectivity index (χ1) is 7.83. The first kappa shape index (κ1) is 12.3. The molecule has 3 nitrogen and oxygen atoms in total. The second-order valence-corrected chi connectivity index (χ2v) is 5.26. The van der Waals surface area contributed by atoms with E-state index in [-0.39, 0.29) is 0 Å². The molecule has 3 unspecified atom stereocenters. The number of nitrogens with zero attached hydrogens (tertiary/aromatic N) is 1. The van der Waals surface area contributed by atoms with E-state index in [1.807, 2.05) is 0 Å². The van der Waals surface area contributed by atoms with E-state index in [1.165, 1.54) is 38.9 Å². The molecule has 2 fully saturated rings. The van der Waals surface area contributed by atoms with E-state index in [4.69, 9.17) is 4.74 Å². The Kier molecular flexibility index (Phi) is 4.62. The summed E-state index contributed by atoms with van der Waals surface area (Å²) in [5, 5.41) is 3.65. The van der Waals surface area contributed by atoms with Crippen LogP contribution in [0.1, 0.15) is 33.1 Å². The molecule has 0 aliphatic carbocycles. The van der Waals surface area contributed by atoms with Crippen molar-refractivity contribution < 1.29 is 4.74 Å². The van der Waals surface area contributed by atoms with Gasteiger partial charge in [-0.25, -0.2) is 0 Å². The van der Waals surface area contributed by atoms with Crippen LogP contribution in [0.15, 0.2) is 0 Å². The molecule has 0 aromatic heterocycles. The topological polar surface area (TPSA) is 24.5 Å². The van der Waals surface area contributed by atoms with E-state index in [2.05, 4.69) is 24.1 Å². The van der Waals surface area contributed by atoms with Crippen molar-refractivity contribution in [3.8, 4) is 0 Å². The predicted molar refractivity (Wildman–Crippen MR) is 66.7 cm³/mol. The van der Waals surface area contributed by atoms with Crippen molar-refractivity contribution in [2.24, 2.45) is 5.92 Å². The van der Waals surface area contributed by atoms with Crippen molar-refractivity contribution in [2.75, 3.05) is 32.8 Å². The molecule has 0 bridgehead atoms. The van der Waals surface area contributed by atoms with E-state index in [1.54, 1.807) is 0 Å². The maximum Gasteiger partial charge on any atom is 0.0507 e. The average Bonchev–Trinajstić information content (AvgIpc) is 2.82. The number of nitrogens with one attached hydrogen (secondary N) is 1. The molecule has 2 aliphatic rings. The lowest BCUT2D eigenvalue weighted by atomic mass is 10.0. The Balaban J connectivity index is 1.86. The average molecular weight is 226 g/mol. The van der Waals surface area contributed by atoms with Gasteiger partial charge in [-0.2, -0.15) is 0 Å².